The molecule has 19 heavy (non-hydrogen) atoms. The van der Waals surface area contributed by atoms with Crippen LogP contribution in [0.25, 0.3) is 0 Å². The van der Waals surface area contributed by atoms with Crippen molar-refractivity contribution in [2.45, 2.75) is 5.75 Å². The zero-order chi connectivity index (χ0) is 14.5. The number of hydrogen-bond donors (Lipinski definition) is 3. The molecule has 0 unspecified atom stereocenters. The quantitative estimate of drug-likeness (QED) is 0.649. The van der Waals surface area contributed by atoms with Crippen molar-refractivity contribution >= 4 is 25.6 Å². The number of ether oxygens (including phenoxy) is 1. The third kappa shape index (κ3) is 5.98. The molecule has 1 aromatic carbocycles. The summed E-state index contributed by atoms with van der Waals surface area (Å²) < 4.78 is 20.2. The molecule has 9 heteroatoms. The van der Waals surface area contributed by atoms with Gasteiger partial charge in [-0.05, 0) is 17.7 Å². The summed E-state index contributed by atoms with van der Waals surface area (Å²) in [5.41, 5.74) is 0.676. The van der Waals surface area contributed by atoms with Crippen molar-refractivity contribution < 1.29 is 33.5 Å². The molecule has 0 fully saturated rings. The third-order valence-corrected chi connectivity index (χ3v) is 3.36. The lowest BCUT2D eigenvalue weighted by atomic mass is 10.2. The summed E-state index contributed by atoms with van der Waals surface area (Å²) in [6.07, 6.45) is 0. The highest BCUT2D eigenvalue weighted by atomic mass is 32.2. The van der Waals surface area contributed by atoms with Gasteiger partial charge in [0.2, 0.25) is 0 Å². The van der Waals surface area contributed by atoms with Gasteiger partial charge in [0.25, 0.3) is 0 Å². The maximum absolute atomic E-state index is 10.8. The van der Waals surface area contributed by atoms with E-state index in [2.05, 4.69) is 4.52 Å². The second kappa shape index (κ2) is 6.81. The van der Waals surface area contributed by atoms with Gasteiger partial charge in [-0.1, -0.05) is 6.07 Å². The van der Waals surface area contributed by atoms with E-state index in [4.69, 9.17) is 19.6 Å². The van der Waals surface area contributed by atoms with Crippen LogP contribution in [-0.4, -0.2) is 33.7 Å². The van der Waals surface area contributed by atoms with Crippen LogP contribution in [0.3, 0.4) is 0 Å². The van der Waals surface area contributed by atoms with Crippen LogP contribution in [0, 0.1) is 0 Å². The second-order valence-electron chi connectivity index (χ2n) is 3.45. The number of carboxylic acid groups (broad SMARTS) is 1. The largest absolute Gasteiger partial charge is 0.524 e. The fraction of sp³-hybridized carbons (Fsp3) is 0.300. The normalized spacial score (nSPS) is 11.1. The van der Waals surface area contributed by atoms with Crippen LogP contribution >= 0.6 is 19.6 Å². The van der Waals surface area contributed by atoms with Gasteiger partial charge in [0.05, 0.1) is 12.9 Å². The third-order valence-electron chi connectivity index (χ3n) is 1.94. The van der Waals surface area contributed by atoms with Gasteiger partial charge < -0.3 is 14.4 Å². The maximum atomic E-state index is 10.8. The standard InChI is InChI=1S/C10H13O7PS/c1-16-8-3-2-7(5-19-6-10(11)12)4-9(8)17-18(13,14)15/h2-4H,5-6H2,1H3,(H,11,12)(H2,13,14,15). The summed E-state index contributed by atoms with van der Waals surface area (Å²) in [4.78, 5) is 27.9. The van der Waals surface area contributed by atoms with Crippen LogP contribution in [0.15, 0.2) is 18.2 Å². The first-order chi connectivity index (χ1) is 8.81. The first-order valence-electron chi connectivity index (χ1n) is 5.03. The van der Waals surface area contributed by atoms with Crippen LogP contribution < -0.4 is 9.26 Å². The van der Waals surface area contributed by atoms with Crippen molar-refractivity contribution in [3.63, 3.8) is 0 Å². The van der Waals surface area contributed by atoms with E-state index in [9.17, 15) is 9.36 Å². The minimum atomic E-state index is -4.67. The molecule has 3 N–H and O–H groups in total. The molecule has 0 atom stereocenters. The van der Waals surface area contributed by atoms with Gasteiger partial charge in [0.15, 0.2) is 11.5 Å². The minimum Gasteiger partial charge on any atom is -0.493 e. The highest BCUT2D eigenvalue weighted by Crippen LogP contribution is 2.42. The number of hydrogen-bond acceptors (Lipinski definition) is 5. The number of carbonyl (C=O) groups is 1. The number of thioether (sulfide) groups is 1. The fourth-order valence-electron chi connectivity index (χ4n) is 1.27. The second-order valence-corrected chi connectivity index (χ2v) is 5.60. The molecule has 1 aromatic rings. The molecule has 0 saturated heterocycles. The van der Waals surface area contributed by atoms with E-state index in [1.807, 2.05) is 0 Å². The number of phosphoric ester groups is 1. The van der Waals surface area contributed by atoms with Crippen molar-refractivity contribution in [3.8, 4) is 11.5 Å². The van der Waals surface area contributed by atoms with Crippen molar-refractivity contribution in [2.24, 2.45) is 0 Å². The summed E-state index contributed by atoms with van der Waals surface area (Å²) in [5, 5.41) is 8.51. The molecule has 0 radical (unpaired) electrons. The van der Waals surface area contributed by atoms with Crippen LogP contribution in [0.2, 0.25) is 0 Å². The molecular weight excluding hydrogens is 295 g/mol. The van der Waals surface area contributed by atoms with Gasteiger partial charge in [-0.3, -0.25) is 14.6 Å². The topological polar surface area (TPSA) is 113 Å². The average molecular weight is 308 g/mol. The Kier molecular flexibility index (Phi) is 5.68. The molecule has 0 spiro atoms. The first kappa shape index (κ1) is 15.8. The predicted octanol–water partition coefficient (Wildman–Crippen LogP) is 1.48. The van der Waals surface area contributed by atoms with Crippen LogP contribution in [-0.2, 0) is 15.1 Å². The van der Waals surface area contributed by atoms with E-state index in [1.165, 1.54) is 19.2 Å². The molecule has 0 saturated carbocycles. The Morgan fingerprint density at radius 3 is 2.58 bits per heavy atom. The lowest BCUT2D eigenvalue weighted by Crippen LogP contribution is -1.99. The Morgan fingerprint density at radius 2 is 2.05 bits per heavy atom. The molecular formula is C10H13O7PS. The van der Waals surface area contributed by atoms with Crippen molar-refractivity contribution in [3.05, 3.63) is 23.8 Å². The number of aliphatic carboxylic acids is 1. The van der Waals surface area contributed by atoms with Crippen molar-refractivity contribution in [1.29, 1.82) is 0 Å². The number of phosphoric acid groups is 1. The summed E-state index contributed by atoms with van der Waals surface area (Å²) >= 11 is 1.16. The zero-order valence-corrected chi connectivity index (χ0v) is 11.7. The average Bonchev–Trinajstić information content (AvgIpc) is 2.26. The Morgan fingerprint density at radius 1 is 1.37 bits per heavy atom. The molecule has 7 nitrogen and oxygen atoms in total. The van der Waals surface area contributed by atoms with Gasteiger partial charge in [-0.25, -0.2) is 4.57 Å². The predicted molar refractivity (Wildman–Crippen MR) is 69.5 cm³/mol. The van der Waals surface area contributed by atoms with Gasteiger partial charge >= 0.3 is 13.8 Å². The Hall–Kier alpha value is -1.21. The molecule has 0 amide bonds. The smallest absolute Gasteiger partial charge is 0.493 e. The van der Waals surface area contributed by atoms with Gasteiger partial charge in [0.1, 0.15) is 0 Å². The van der Waals surface area contributed by atoms with E-state index in [0.717, 1.165) is 11.8 Å². The minimum absolute atomic E-state index is 0.0548. The summed E-state index contributed by atoms with van der Waals surface area (Å²) in [6.45, 7) is 0. The van der Waals surface area contributed by atoms with Crippen LogP contribution in [0.1, 0.15) is 5.56 Å². The van der Waals surface area contributed by atoms with E-state index >= 15 is 0 Å². The monoisotopic (exact) mass is 308 g/mol. The van der Waals surface area contributed by atoms with Crippen molar-refractivity contribution in [2.75, 3.05) is 12.9 Å². The first-order valence-corrected chi connectivity index (χ1v) is 7.72. The molecule has 1 rings (SSSR count). The van der Waals surface area contributed by atoms with E-state index in [1.54, 1.807) is 6.07 Å². The molecule has 0 aromatic heterocycles. The SMILES string of the molecule is COc1ccc(CSCC(=O)O)cc1OP(=O)(O)O. The van der Waals surface area contributed by atoms with Crippen molar-refractivity contribution in [1.82, 2.24) is 0 Å². The molecule has 0 bridgehead atoms. The summed E-state index contributed by atoms with van der Waals surface area (Å²) in [6, 6.07) is 4.58. The number of methoxy groups -OCH3 is 1. The maximum Gasteiger partial charge on any atom is 0.524 e. The van der Waals surface area contributed by atoms with Gasteiger partial charge in [-0.2, -0.15) is 0 Å². The van der Waals surface area contributed by atoms with Gasteiger partial charge in [0, 0.05) is 5.75 Å². The molecule has 106 valence electrons. The summed E-state index contributed by atoms with van der Waals surface area (Å²) in [7, 11) is -3.32. The van der Waals surface area contributed by atoms with Gasteiger partial charge in [-0.15, -0.1) is 11.8 Å². The number of carboxylic acids is 1. The summed E-state index contributed by atoms with van der Waals surface area (Å²) in [5.74, 6) is -0.487. The fourth-order valence-corrected chi connectivity index (χ4v) is 2.36. The number of benzene rings is 1. The van der Waals surface area contributed by atoms with E-state index in [-0.39, 0.29) is 17.3 Å². The number of rotatable bonds is 7. The van der Waals surface area contributed by atoms with Crippen LogP contribution in [0.5, 0.6) is 11.5 Å². The molecule has 0 aliphatic carbocycles. The highest BCUT2D eigenvalue weighted by Gasteiger charge is 2.19. The Labute approximate surface area is 113 Å². The molecule has 0 aliphatic heterocycles. The Balaban J connectivity index is 2.82. The van der Waals surface area contributed by atoms with E-state index < -0.39 is 13.8 Å². The van der Waals surface area contributed by atoms with E-state index in [0.29, 0.717) is 11.3 Å². The Bertz CT molecular complexity index is 499. The molecule has 0 heterocycles. The zero-order valence-electron chi connectivity index (χ0n) is 9.98. The van der Waals surface area contributed by atoms with Crippen LogP contribution in [0.4, 0.5) is 0 Å². The highest BCUT2D eigenvalue weighted by molar-refractivity contribution is 7.99. The molecule has 0 aliphatic rings. The lowest BCUT2D eigenvalue weighted by Gasteiger charge is -2.12. The lowest BCUT2D eigenvalue weighted by molar-refractivity contribution is -0.133.